The average molecular weight is 268 g/mol. The van der Waals surface area contributed by atoms with Gasteiger partial charge in [0, 0.05) is 6.42 Å². The fourth-order valence-corrected chi connectivity index (χ4v) is 1.59. The minimum Gasteiger partial charge on any atom is -0.462 e. The third-order valence-corrected chi connectivity index (χ3v) is 2.51. The number of carbonyl (C=O) groups excluding carboxylic acids is 2. The summed E-state index contributed by atoms with van der Waals surface area (Å²) < 4.78 is 15.7. The third kappa shape index (κ3) is 5.81. The maximum Gasteiger partial charge on any atom is 0.337 e. The first-order valence-corrected chi connectivity index (χ1v) is 6.41. The second-order valence-corrected chi connectivity index (χ2v) is 4.15. The summed E-state index contributed by atoms with van der Waals surface area (Å²) in [6.07, 6.45) is 4.89. The SMILES string of the molecule is CCOC(=O)C(/C=C(\C)C=O)=C/CC1OCCCO1. The Bertz CT molecular complexity index is 364. The van der Waals surface area contributed by atoms with Gasteiger partial charge in [0.15, 0.2) is 6.29 Å². The zero-order valence-electron chi connectivity index (χ0n) is 11.4. The molecule has 0 atom stereocenters. The highest BCUT2D eigenvalue weighted by Crippen LogP contribution is 2.12. The van der Waals surface area contributed by atoms with Crippen molar-refractivity contribution in [3.05, 3.63) is 23.3 Å². The Morgan fingerprint density at radius 1 is 1.37 bits per heavy atom. The van der Waals surface area contributed by atoms with E-state index in [4.69, 9.17) is 14.2 Å². The standard InChI is InChI=1S/C14H20O5/c1-3-17-14(16)12(9-11(2)10-15)5-6-13-18-7-4-8-19-13/h5,9-10,13H,3-4,6-8H2,1-2H3/b11-9+,12-5+. The highest BCUT2D eigenvalue weighted by atomic mass is 16.7. The van der Waals surface area contributed by atoms with Crippen molar-refractivity contribution in [1.29, 1.82) is 0 Å². The van der Waals surface area contributed by atoms with Crippen LogP contribution >= 0.6 is 0 Å². The Balaban J connectivity index is 2.70. The number of hydrogen-bond donors (Lipinski definition) is 0. The van der Waals surface area contributed by atoms with Gasteiger partial charge in [-0.05, 0) is 31.9 Å². The van der Waals surface area contributed by atoms with E-state index < -0.39 is 5.97 Å². The van der Waals surface area contributed by atoms with Gasteiger partial charge in [-0.1, -0.05) is 6.08 Å². The molecule has 0 bridgehead atoms. The third-order valence-electron chi connectivity index (χ3n) is 2.51. The van der Waals surface area contributed by atoms with Crippen LogP contribution in [-0.2, 0) is 23.8 Å². The van der Waals surface area contributed by atoms with E-state index in [9.17, 15) is 9.59 Å². The van der Waals surface area contributed by atoms with Crippen molar-refractivity contribution in [2.75, 3.05) is 19.8 Å². The summed E-state index contributed by atoms with van der Waals surface area (Å²) >= 11 is 0. The van der Waals surface area contributed by atoms with Gasteiger partial charge in [-0.3, -0.25) is 4.79 Å². The van der Waals surface area contributed by atoms with E-state index >= 15 is 0 Å². The number of carbonyl (C=O) groups is 2. The van der Waals surface area contributed by atoms with Crippen molar-refractivity contribution in [2.24, 2.45) is 0 Å². The van der Waals surface area contributed by atoms with Gasteiger partial charge >= 0.3 is 5.97 Å². The lowest BCUT2D eigenvalue weighted by Crippen LogP contribution is -2.24. The van der Waals surface area contributed by atoms with Gasteiger partial charge in [-0.2, -0.15) is 0 Å². The summed E-state index contributed by atoms with van der Waals surface area (Å²) in [5.74, 6) is -0.445. The summed E-state index contributed by atoms with van der Waals surface area (Å²) in [7, 11) is 0. The fourth-order valence-electron chi connectivity index (χ4n) is 1.59. The Hall–Kier alpha value is -1.46. The summed E-state index contributed by atoms with van der Waals surface area (Å²) in [6, 6.07) is 0. The highest BCUT2D eigenvalue weighted by molar-refractivity contribution is 5.93. The Kier molecular flexibility index (Phi) is 7.07. The molecule has 0 aromatic carbocycles. The van der Waals surface area contributed by atoms with E-state index in [1.54, 1.807) is 19.9 Å². The van der Waals surface area contributed by atoms with Crippen LogP contribution in [0.2, 0.25) is 0 Å². The maximum atomic E-state index is 11.7. The van der Waals surface area contributed by atoms with Crippen LogP contribution in [0.15, 0.2) is 23.3 Å². The van der Waals surface area contributed by atoms with Gasteiger partial charge in [0.2, 0.25) is 0 Å². The first-order valence-electron chi connectivity index (χ1n) is 6.41. The van der Waals surface area contributed by atoms with Crippen molar-refractivity contribution in [3.63, 3.8) is 0 Å². The normalized spacial score (nSPS) is 18.2. The van der Waals surface area contributed by atoms with E-state index in [0.717, 1.165) is 6.42 Å². The number of ether oxygens (including phenoxy) is 3. The molecule has 106 valence electrons. The van der Waals surface area contributed by atoms with E-state index in [1.165, 1.54) is 6.08 Å². The molecule has 0 radical (unpaired) electrons. The van der Waals surface area contributed by atoms with Crippen molar-refractivity contribution in [3.8, 4) is 0 Å². The molecule has 0 spiro atoms. The molecule has 0 unspecified atom stereocenters. The number of aldehydes is 1. The monoisotopic (exact) mass is 268 g/mol. The molecular formula is C14H20O5. The second kappa shape index (κ2) is 8.61. The van der Waals surface area contributed by atoms with Crippen LogP contribution < -0.4 is 0 Å². The number of hydrogen-bond acceptors (Lipinski definition) is 5. The highest BCUT2D eigenvalue weighted by Gasteiger charge is 2.14. The molecule has 1 aliphatic heterocycles. The zero-order chi connectivity index (χ0) is 14.1. The molecule has 1 aliphatic rings. The lowest BCUT2D eigenvalue weighted by molar-refractivity contribution is -0.175. The molecule has 1 heterocycles. The van der Waals surface area contributed by atoms with Crippen molar-refractivity contribution >= 4 is 12.3 Å². The van der Waals surface area contributed by atoms with Crippen molar-refractivity contribution in [2.45, 2.75) is 33.0 Å². The Morgan fingerprint density at radius 3 is 2.63 bits per heavy atom. The van der Waals surface area contributed by atoms with Gasteiger partial charge < -0.3 is 14.2 Å². The molecule has 5 heteroatoms. The quantitative estimate of drug-likeness (QED) is 0.318. The predicted octanol–water partition coefficient (Wildman–Crippen LogP) is 1.77. The van der Waals surface area contributed by atoms with Crippen LogP contribution in [-0.4, -0.2) is 38.4 Å². The largest absolute Gasteiger partial charge is 0.462 e. The first kappa shape index (κ1) is 15.6. The summed E-state index contributed by atoms with van der Waals surface area (Å²) in [5.41, 5.74) is 0.814. The summed E-state index contributed by atoms with van der Waals surface area (Å²) in [6.45, 7) is 4.99. The van der Waals surface area contributed by atoms with Crippen LogP contribution in [0.5, 0.6) is 0 Å². The Labute approximate surface area is 113 Å². The van der Waals surface area contributed by atoms with Crippen molar-refractivity contribution < 1.29 is 23.8 Å². The fraction of sp³-hybridized carbons (Fsp3) is 0.571. The molecule has 0 N–H and O–H groups in total. The van der Waals surface area contributed by atoms with Crippen LogP contribution in [0.3, 0.4) is 0 Å². The second-order valence-electron chi connectivity index (χ2n) is 4.15. The molecule has 19 heavy (non-hydrogen) atoms. The lowest BCUT2D eigenvalue weighted by atomic mass is 10.1. The van der Waals surface area contributed by atoms with E-state index in [1.807, 2.05) is 0 Å². The van der Waals surface area contributed by atoms with Gasteiger partial charge in [0.1, 0.15) is 6.29 Å². The molecule has 0 amide bonds. The predicted molar refractivity (Wildman–Crippen MR) is 69.5 cm³/mol. The van der Waals surface area contributed by atoms with Gasteiger partial charge in [0.25, 0.3) is 0 Å². The van der Waals surface area contributed by atoms with Crippen molar-refractivity contribution in [1.82, 2.24) is 0 Å². The molecule has 0 saturated carbocycles. The molecule has 1 rings (SSSR count). The van der Waals surface area contributed by atoms with E-state index in [-0.39, 0.29) is 6.29 Å². The van der Waals surface area contributed by atoms with Gasteiger partial charge in [0.05, 0.1) is 25.4 Å². The molecule has 1 fully saturated rings. The minimum atomic E-state index is -0.445. The molecule has 0 aliphatic carbocycles. The van der Waals surface area contributed by atoms with Gasteiger partial charge in [-0.15, -0.1) is 0 Å². The molecule has 0 aromatic rings. The molecular weight excluding hydrogens is 248 g/mol. The maximum absolute atomic E-state index is 11.7. The van der Waals surface area contributed by atoms with Crippen LogP contribution in [0, 0.1) is 0 Å². The van der Waals surface area contributed by atoms with Crippen LogP contribution in [0.4, 0.5) is 0 Å². The topological polar surface area (TPSA) is 61.8 Å². The Morgan fingerprint density at radius 2 is 2.05 bits per heavy atom. The smallest absolute Gasteiger partial charge is 0.337 e. The minimum absolute atomic E-state index is 0.292. The average Bonchev–Trinajstić information content (AvgIpc) is 2.44. The van der Waals surface area contributed by atoms with Crippen LogP contribution in [0.1, 0.15) is 26.7 Å². The molecule has 5 nitrogen and oxygen atoms in total. The van der Waals surface area contributed by atoms with E-state index in [0.29, 0.717) is 43.7 Å². The summed E-state index contributed by atoms with van der Waals surface area (Å²) in [5, 5.41) is 0. The first-order chi connectivity index (χ1) is 9.17. The molecule has 1 saturated heterocycles. The molecule has 0 aromatic heterocycles. The number of rotatable bonds is 6. The van der Waals surface area contributed by atoms with Crippen LogP contribution in [0.25, 0.3) is 0 Å². The van der Waals surface area contributed by atoms with E-state index in [2.05, 4.69) is 0 Å². The number of esters is 1. The lowest BCUT2D eigenvalue weighted by Gasteiger charge is -2.22. The zero-order valence-corrected chi connectivity index (χ0v) is 11.4. The van der Waals surface area contributed by atoms with Gasteiger partial charge in [-0.25, -0.2) is 4.79 Å². The summed E-state index contributed by atoms with van der Waals surface area (Å²) in [4.78, 5) is 22.4. The number of allylic oxidation sites excluding steroid dienone is 1.